The first-order valence-electron chi connectivity index (χ1n) is 5.88. The number of phenols is 1. The fourth-order valence-corrected chi connectivity index (χ4v) is 1.74. The van der Waals surface area contributed by atoms with Crippen molar-refractivity contribution in [1.29, 1.82) is 0 Å². The van der Waals surface area contributed by atoms with Crippen molar-refractivity contribution in [2.75, 3.05) is 13.7 Å². The number of ether oxygens (including phenoxy) is 1. The molecule has 18 heavy (non-hydrogen) atoms. The number of hydrogen-bond donors (Lipinski definition) is 3. The van der Waals surface area contributed by atoms with E-state index in [0.717, 1.165) is 0 Å². The van der Waals surface area contributed by atoms with Gasteiger partial charge in [-0.3, -0.25) is 0 Å². The summed E-state index contributed by atoms with van der Waals surface area (Å²) >= 11 is 5.93. The second-order valence-electron chi connectivity index (χ2n) is 4.57. The molecule has 0 saturated carbocycles. The average Bonchev–Trinajstić information content (AvgIpc) is 2.33. The predicted molar refractivity (Wildman–Crippen MR) is 72.3 cm³/mol. The van der Waals surface area contributed by atoms with E-state index in [-0.39, 0.29) is 5.75 Å². The van der Waals surface area contributed by atoms with Gasteiger partial charge in [-0.05, 0) is 19.4 Å². The largest absolute Gasteiger partial charge is 0.504 e. The molecule has 1 atom stereocenters. The summed E-state index contributed by atoms with van der Waals surface area (Å²) in [5.41, 5.74) is -0.107. The summed E-state index contributed by atoms with van der Waals surface area (Å²) in [5.74, 6) is 0.423. The van der Waals surface area contributed by atoms with Crippen LogP contribution in [0.1, 0.15) is 25.8 Å². The van der Waals surface area contributed by atoms with Crippen LogP contribution in [0.5, 0.6) is 11.5 Å². The number of nitrogens with one attached hydrogen (secondary N) is 1. The van der Waals surface area contributed by atoms with Crippen LogP contribution >= 0.6 is 11.6 Å². The molecule has 0 heterocycles. The minimum absolute atomic E-state index is 0.0746. The molecular formula is C13H20ClNO3. The van der Waals surface area contributed by atoms with Crippen LogP contribution in [-0.2, 0) is 6.54 Å². The van der Waals surface area contributed by atoms with Gasteiger partial charge in [-0.1, -0.05) is 18.5 Å². The van der Waals surface area contributed by atoms with E-state index in [0.29, 0.717) is 35.8 Å². The van der Waals surface area contributed by atoms with Crippen LogP contribution < -0.4 is 10.1 Å². The highest BCUT2D eigenvalue weighted by atomic mass is 35.5. The highest BCUT2D eigenvalue weighted by Gasteiger charge is 2.17. The van der Waals surface area contributed by atoms with Crippen molar-refractivity contribution in [3.63, 3.8) is 0 Å². The highest BCUT2D eigenvalue weighted by molar-refractivity contribution is 6.30. The summed E-state index contributed by atoms with van der Waals surface area (Å²) in [7, 11) is 1.48. The van der Waals surface area contributed by atoms with Crippen molar-refractivity contribution in [2.45, 2.75) is 32.4 Å². The minimum atomic E-state index is -0.752. The monoisotopic (exact) mass is 273 g/mol. The Balaban J connectivity index is 2.70. The van der Waals surface area contributed by atoms with Gasteiger partial charge in [0.25, 0.3) is 0 Å². The van der Waals surface area contributed by atoms with E-state index in [9.17, 15) is 10.2 Å². The molecule has 0 aliphatic rings. The number of aromatic hydroxyl groups is 1. The molecule has 0 amide bonds. The molecule has 102 valence electrons. The molecule has 1 unspecified atom stereocenters. The maximum Gasteiger partial charge on any atom is 0.162 e. The van der Waals surface area contributed by atoms with Crippen LogP contribution in [0, 0.1) is 0 Å². The standard InChI is InChI=1S/C13H20ClNO3/c1-4-13(2,17)8-15-7-9-5-10(14)6-11(18-3)12(9)16/h5-6,15-17H,4,7-8H2,1-3H3. The number of rotatable bonds is 6. The Morgan fingerprint density at radius 1 is 1.44 bits per heavy atom. The molecule has 4 nitrogen and oxygen atoms in total. The van der Waals surface area contributed by atoms with Gasteiger partial charge in [0.2, 0.25) is 0 Å². The first kappa shape index (κ1) is 15.1. The first-order chi connectivity index (χ1) is 8.39. The van der Waals surface area contributed by atoms with E-state index in [1.807, 2.05) is 6.92 Å². The molecule has 0 radical (unpaired) electrons. The van der Waals surface area contributed by atoms with Crippen molar-refractivity contribution < 1.29 is 14.9 Å². The van der Waals surface area contributed by atoms with E-state index in [1.165, 1.54) is 7.11 Å². The third-order valence-electron chi connectivity index (χ3n) is 2.92. The van der Waals surface area contributed by atoms with Gasteiger partial charge in [0.15, 0.2) is 11.5 Å². The van der Waals surface area contributed by atoms with Crippen molar-refractivity contribution in [2.24, 2.45) is 0 Å². The van der Waals surface area contributed by atoms with Gasteiger partial charge >= 0.3 is 0 Å². The molecule has 1 rings (SSSR count). The molecule has 0 aliphatic heterocycles. The minimum Gasteiger partial charge on any atom is -0.504 e. The number of halogens is 1. The molecular weight excluding hydrogens is 254 g/mol. The number of aliphatic hydroxyl groups is 1. The predicted octanol–water partition coefficient (Wildman–Crippen LogP) is 2.30. The topological polar surface area (TPSA) is 61.7 Å². The van der Waals surface area contributed by atoms with Gasteiger partial charge in [-0.2, -0.15) is 0 Å². The highest BCUT2D eigenvalue weighted by Crippen LogP contribution is 2.33. The smallest absolute Gasteiger partial charge is 0.162 e. The van der Waals surface area contributed by atoms with Crippen LogP contribution in [0.2, 0.25) is 5.02 Å². The lowest BCUT2D eigenvalue weighted by Gasteiger charge is -2.22. The number of hydrogen-bond acceptors (Lipinski definition) is 4. The number of methoxy groups -OCH3 is 1. The lowest BCUT2D eigenvalue weighted by atomic mass is 10.0. The summed E-state index contributed by atoms with van der Waals surface area (Å²) < 4.78 is 5.02. The van der Waals surface area contributed by atoms with Crippen molar-refractivity contribution >= 4 is 11.6 Å². The van der Waals surface area contributed by atoms with E-state index < -0.39 is 5.60 Å². The SMILES string of the molecule is CCC(C)(O)CNCc1cc(Cl)cc(OC)c1O. The molecule has 0 aromatic heterocycles. The van der Waals surface area contributed by atoms with Crippen LogP contribution in [0.25, 0.3) is 0 Å². The summed E-state index contributed by atoms with van der Waals surface area (Å²) in [4.78, 5) is 0. The zero-order valence-electron chi connectivity index (χ0n) is 11.0. The van der Waals surface area contributed by atoms with Crippen LogP contribution in [0.4, 0.5) is 0 Å². The summed E-state index contributed by atoms with van der Waals surface area (Å²) in [6, 6.07) is 3.23. The van der Waals surface area contributed by atoms with Gasteiger partial charge in [0.05, 0.1) is 12.7 Å². The van der Waals surface area contributed by atoms with Gasteiger partial charge in [-0.25, -0.2) is 0 Å². The Labute approximate surface area is 113 Å². The van der Waals surface area contributed by atoms with E-state index in [2.05, 4.69) is 5.32 Å². The molecule has 5 heteroatoms. The van der Waals surface area contributed by atoms with Gasteiger partial charge in [0, 0.05) is 29.7 Å². The van der Waals surface area contributed by atoms with E-state index >= 15 is 0 Å². The van der Waals surface area contributed by atoms with E-state index in [1.54, 1.807) is 19.1 Å². The summed E-state index contributed by atoms with van der Waals surface area (Å²) in [5, 5.41) is 23.4. The van der Waals surface area contributed by atoms with E-state index in [4.69, 9.17) is 16.3 Å². The summed E-state index contributed by atoms with van der Waals surface area (Å²) in [6.45, 7) is 4.54. The molecule has 1 aromatic rings. The zero-order valence-corrected chi connectivity index (χ0v) is 11.7. The fourth-order valence-electron chi connectivity index (χ4n) is 1.51. The van der Waals surface area contributed by atoms with Crippen molar-refractivity contribution in [3.05, 3.63) is 22.7 Å². The molecule has 1 aromatic carbocycles. The lowest BCUT2D eigenvalue weighted by Crippen LogP contribution is -2.36. The number of benzene rings is 1. The molecule has 0 saturated heterocycles. The lowest BCUT2D eigenvalue weighted by molar-refractivity contribution is 0.0555. The summed E-state index contributed by atoms with van der Waals surface area (Å²) in [6.07, 6.45) is 0.658. The average molecular weight is 274 g/mol. The quantitative estimate of drug-likeness (QED) is 0.744. The Hall–Kier alpha value is -0.970. The Kier molecular flexibility index (Phi) is 5.26. The van der Waals surface area contributed by atoms with Crippen LogP contribution in [-0.4, -0.2) is 29.5 Å². The molecule has 0 aliphatic carbocycles. The molecule has 0 fully saturated rings. The Morgan fingerprint density at radius 3 is 2.67 bits per heavy atom. The fraction of sp³-hybridized carbons (Fsp3) is 0.538. The third-order valence-corrected chi connectivity index (χ3v) is 3.14. The Bertz CT molecular complexity index is 407. The molecule has 3 N–H and O–H groups in total. The van der Waals surface area contributed by atoms with Gasteiger partial charge in [0.1, 0.15) is 0 Å². The normalized spacial score (nSPS) is 14.3. The van der Waals surface area contributed by atoms with Crippen molar-refractivity contribution in [1.82, 2.24) is 5.32 Å². The first-order valence-corrected chi connectivity index (χ1v) is 6.26. The van der Waals surface area contributed by atoms with Crippen LogP contribution in [0.15, 0.2) is 12.1 Å². The second-order valence-corrected chi connectivity index (χ2v) is 5.01. The van der Waals surface area contributed by atoms with Gasteiger partial charge in [-0.15, -0.1) is 0 Å². The third kappa shape index (κ3) is 4.05. The maximum atomic E-state index is 9.91. The maximum absolute atomic E-state index is 9.91. The van der Waals surface area contributed by atoms with Crippen LogP contribution in [0.3, 0.4) is 0 Å². The molecule has 0 spiro atoms. The molecule has 0 bridgehead atoms. The number of phenolic OH excluding ortho intramolecular Hbond substituents is 1. The Morgan fingerprint density at radius 2 is 2.11 bits per heavy atom. The zero-order chi connectivity index (χ0) is 13.8. The van der Waals surface area contributed by atoms with Gasteiger partial charge < -0.3 is 20.3 Å². The second kappa shape index (κ2) is 6.27. The van der Waals surface area contributed by atoms with Crippen molar-refractivity contribution in [3.8, 4) is 11.5 Å².